The summed E-state index contributed by atoms with van der Waals surface area (Å²) in [4.78, 5) is 2.57. The lowest BCUT2D eigenvalue weighted by atomic mass is 9.82. The third-order valence-electron chi connectivity index (χ3n) is 4.34. The van der Waals surface area contributed by atoms with E-state index in [-0.39, 0.29) is 0 Å². The number of nitrogens with two attached hydrogens (primary N) is 1. The summed E-state index contributed by atoms with van der Waals surface area (Å²) in [6.07, 6.45) is 3.99. The second-order valence-electron chi connectivity index (χ2n) is 5.61. The van der Waals surface area contributed by atoms with E-state index in [0.29, 0.717) is 0 Å². The van der Waals surface area contributed by atoms with E-state index in [4.69, 9.17) is 5.73 Å². The van der Waals surface area contributed by atoms with Gasteiger partial charge in [0, 0.05) is 19.6 Å². The maximum absolute atomic E-state index is 5.68. The van der Waals surface area contributed by atoms with Crippen molar-refractivity contribution in [1.29, 1.82) is 0 Å². The van der Waals surface area contributed by atoms with Gasteiger partial charge in [0.05, 0.1) is 0 Å². The molecule has 3 rings (SSSR count). The van der Waals surface area contributed by atoms with E-state index in [2.05, 4.69) is 29.2 Å². The second kappa shape index (κ2) is 4.79. The molecule has 92 valence electrons. The maximum Gasteiger partial charge on any atom is 0.00506 e. The number of hydrogen-bond donors (Lipinski definition) is 1. The molecule has 1 saturated heterocycles. The van der Waals surface area contributed by atoms with Crippen LogP contribution in [0, 0.1) is 5.92 Å². The quantitative estimate of drug-likeness (QED) is 0.860. The van der Waals surface area contributed by atoms with Crippen molar-refractivity contribution in [3.8, 4) is 0 Å². The van der Waals surface area contributed by atoms with E-state index in [1.807, 2.05) is 0 Å². The molecule has 0 aromatic heterocycles. The average molecular weight is 230 g/mol. The third-order valence-corrected chi connectivity index (χ3v) is 4.34. The van der Waals surface area contributed by atoms with E-state index in [0.717, 1.165) is 18.4 Å². The Bertz CT molecular complexity index is 382. The third kappa shape index (κ3) is 2.24. The van der Waals surface area contributed by atoms with Gasteiger partial charge in [0.15, 0.2) is 0 Å². The molecule has 1 aromatic rings. The molecule has 1 unspecified atom stereocenters. The van der Waals surface area contributed by atoms with Gasteiger partial charge in [0.25, 0.3) is 0 Å². The average Bonchev–Trinajstić information content (AvgIpc) is 2.33. The van der Waals surface area contributed by atoms with Gasteiger partial charge in [-0.05, 0) is 48.8 Å². The predicted octanol–water partition coefficient (Wildman–Crippen LogP) is 2.00. The lowest BCUT2D eigenvalue weighted by molar-refractivity contribution is 0.0956. The summed E-state index contributed by atoms with van der Waals surface area (Å²) < 4.78 is 0. The monoisotopic (exact) mass is 230 g/mol. The van der Waals surface area contributed by atoms with E-state index >= 15 is 0 Å². The van der Waals surface area contributed by atoms with Gasteiger partial charge in [0.1, 0.15) is 0 Å². The number of aryl methyl sites for hydroxylation is 1. The number of likely N-dealkylation sites (tertiary alicyclic amines) is 1. The Kier molecular flexibility index (Phi) is 3.17. The molecule has 1 aliphatic heterocycles. The van der Waals surface area contributed by atoms with Crippen LogP contribution in [0.5, 0.6) is 0 Å². The zero-order valence-corrected chi connectivity index (χ0v) is 10.4. The normalized spacial score (nSPS) is 25.4. The summed E-state index contributed by atoms with van der Waals surface area (Å²) >= 11 is 0. The van der Waals surface area contributed by atoms with Gasteiger partial charge in [-0.3, -0.25) is 0 Å². The zero-order valence-electron chi connectivity index (χ0n) is 10.4. The zero-order chi connectivity index (χ0) is 11.7. The maximum atomic E-state index is 5.68. The largest absolute Gasteiger partial charge is 0.330 e. The standard InChI is InChI=1S/C15H22N2/c16-8-12-9-17(10-12)11-14-6-3-5-13-4-1-2-7-15(13)14/h1-2,4,7,12,14H,3,5-6,8-11,16H2. The molecule has 1 aromatic carbocycles. The highest BCUT2D eigenvalue weighted by molar-refractivity contribution is 5.32. The Balaban J connectivity index is 1.65. The van der Waals surface area contributed by atoms with Gasteiger partial charge < -0.3 is 10.6 Å². The van der Waals surface area contributed by atoms with Crippen LogP contribution in [0.4, 0.5) is 0 Å². The van der Waals surface area contributed by atoms with Crippen LogP contribution < -0.4 is 5.73 Å². The topological polar surface area (TPSA) is 29.3 Å². The Morgan fingerprint density at radius 3 is 2.88 bits per heavy atom. The fourth-order valence-electron chi connectivity index (χ4n) is 3.33. The summed E-state index contributed by atoms with van der Waals surface area (Å²) in [5.41, 5.74) is 8.87. The minimum Gasteiger partial charge on any atom is -0.330 e. The highest BCUT2D eigenvalue weighted by atomic mass is 15.2. The summed E-state index contributed by atoms with van der Waals surface area (Å²) in [6.45, 7) is 4.54. The molecule has 1 atom stereocenters. The van der Waals surface area contributed by atoms with Crippen LogP contribution >= 0.6 is 0 Å². The van der Waals surface area contributed by atoms with Crippen molar-refractivity contribution in [1.82, 2.24) is 4.90 Å². The van der Waals surface area contributed by atoms with Gasteiger partial charge in [-0.2, -0.15) is 0 Å². The smallest absolute Gasteiger partial charge is 0.00506 e. The first-order chi connectivity index (χ1) is 8.36. The number of rotatable bonds is 3. The molecule has 1 heterocycles. The first-order valence-corrected chi connectivity index (χ1v) is 6.87. The van der Waals surface area contributed by atoms with Crippen molar-refractivity contribution in [2.24, 2.45) is 11.7 Å². The molecule has 2 aliphatic rings. The van der Waals surface area contributed by atoms with Crippen LogP contribution in [0.3, 0.4) is 0 Å². The van der Waals surface area contributed by atoms with Crippen LogP contribution in [-0.2, 0) is 6.42 Å². The van der Waals surface area contributed by atoms with Crippen molar-refractivity contribution in [3.05, 3.63) is 35.4 Å². The molecule has 0 spiro atoms. The Labute approximate surface area is 104 Å². The lowest BCUT2D eigenvalue weighted by Crippen LogP contribution is -2.51. The number of hydrogen-bond acceptors (Lipinski definition) is 2. The molecule has 2 N–H and O–H groups in total. The fraction of sp³-hybridized carbons (Fsp3) is 0.600. The van der Waals surface area contributed by atoms with Crippen molar-refractivity contribution in [3.63, 3.8) is 0 Å². The molecular formula is C15H22N2. The molecule has 2 nitrogen and oxygen atoms in total. The molecule has 2 heteroatoms. The second-order valence-corrected chi connectivity index (χ2v) is 5.61. The van der Waals surface area contributed by atoms with Crippen LogP contribution in [0.2, 0.25) is 0 Å². The van der Waals surface area contributed by atoms with Gasteiger partial charge in [0.2, 0.25) is 0 Å². The van der Waals surface area contributed by atoms with Gasteiger partial charge in [-0.1, -0.05) is 24.3 Å². The van der Waals surface area contributed by atoms with Crippen LogP contribution in [0.1, 0.15) is 29.9 Å². The summed E-state index contributed by atoms with van der Waals surface area (Å²) in [5.74, 6) is 1.52. The van der Waals surface area contributed by atoms with Gasteiger partial charge in [-0.15, -0.1) is 0 Å². The highest BCUT2D eigenvalue weighted by Crippen LogP contribution is 2.33. The van der Waals surface area contributed by atoms with Crippen LogP contribution in [0.15, 0.2) is 24.3 Å². The fourth-order valence-corrected chi connectivity index (χ4v) is 3.33. The molecule has 1 aliphatic carbocycles. The van der Waals surface area contributed by atoms with Gasteiger partial charge >= 0.3 is 0 Å². The van der Waals surface area contributed by atoms with Crippen molar-refractivity contribution in [2.45, 2.75) is 25.2 Å². The minimum atomic E-state index is 0.758. The van der Waals surface area contributed by atoms with Crippen molar-refractivity contribution in [2.75, 3.05) is 26.2 Å². The minimum absolute atomic E-state index is 0.758. The predicted molar refractivity (Wildman–Crippen MR) is 71.1 cm³/mol. The number of benzene rings is 1. The lowest BCUT2D eigenvalue weighted by Gasteiger charge is -2.41. The van der Waals surface area contributed by atoms with Crippen LogP contribution in [0.25, 0.3) is 0 Å². The summed E-state index contributed by atoms with van der Waals surface area (Å²) in [7, 11) is 0. The number of fused-ring (bicyclic) bond motifs is 1. The molecule has 0 amide bonds. The molecule has 1 fully saturated rings. The Morgan fingerprint density at radius 1 is 1.24 bits per heavy atom. The number of nitrogens with zero attached hydrogens (tertiary/aromatic N) is 1. The van der Waals surface area contributed by atoms with Crippen molar-refractivity contribution < 1.29 is 0 Å². The summed E-state index contributed by atoms with van der Waals surface area (Å²) in [6, 6.07) is 9.00. The molecule has 0 saturated carbocycles. The molecule has 17 heavy (non-hydrogen) atoms. The van der Waals surface area contributed by atoms with E-state index in [1.54, 1.807) is 11.1 Å². The van der Waals surface area contributed by atoms with E-state index in [1.165, 1.54) is 38.9 Å². The SMILES string of the molecule is NCC1CN(CC2CCCc3ccccc32)C1. The first-order valence-electron chi connectivity index (χ1n) is 6.87. The Morgan fingerprint density at radius 2 is 2.06 bits per heavy atom. The molecule has 0 bridgehead atoms. The molecule has 0 radical (unpaired) electrons. The van der Waals surface area contributed by atoms with Crippen LogP contribution in [-0.4, -0.2) is 31.1 Å². The molecular weight excluding hydrogens is 208 g/mol. The van der Waals surface area contributed by atoms with Crippen molar-refractivity contribution >= 4 is 0 Å². The van der Waals surface area contributed by atoms with E-state index in [9.17, 15) is 0 Å². The Hall–Kier alpha value is -0.860. The van der Waals surface area contributed by atoms with E-state index < -0.39 is 0 Å². The first kappa shape index (κ1) is 11.2. The highest BCUT2D eigenvalue weighted by Gasteiger charge is 2.29. The summed E-state index contributed by atoms with van der Waals surface area (Å²) in [5, 5.41) is 0. The van der Waals surface area contributed by atoms with Gasteiger partial charge in [-0.25, -0.2) is 0 Å².